The summed E-state index contributed by atoms with van der Waals surface area (Å²) in [5.41, 5.74) is 0.239. The maximum Gasteiger partial charge on any atom is 0.377 e. The van der Waals surface area contributed by atoms with Crippen LogP contribution in [0, 0.1) is 23.3 Å². The quantitative estimate of drug-likeness (QED) is 0.464. The number of halogens is 1. The monoisotopic (exact) mass is 190 g/mol. The van der Waals surface area contributed by atoms with Crippen LogP contribution in [0.15, 0.2) is 18.2 Å². The lowest BCUT2D eigenvalue weighted by Crippen LogP contribution is -1.99. The number of rotatable bonds is 0. The molecule has 0 unspecified atom stereocenters. The van der Waals surface area contributed by atoms with E-state index in [9.17, 15) is 4.39 Å². The number of nitrogens with zero attached hydrogens (tertiary/aromatic N) is 3. The van der Waals surface area contributed by atoms with Gasteiger partial charge in [0.2, 0.25) is 0 Å². The third kappa shape index (κ3) is 2.21. The van der Waals surface area contributed by atoms with Crippen molar-refractivity contribution in [3.8, 4) is 12.3 Å². The van der Waals surface area contributed by atoms with Crippen LogP contribution in [0.5, 0.6) is 0 Å². The Morgan fingerprint density at radius 1 is 1.43 bits per heavy atom. The molecule has 0 aliphatic heterocycles. The Balaban J connectivity index is 3.19. The fraction of sp³-hybridized carbons (Fsp3) is 0.200. The first-order valence-electron chi connectivity index (χ1n) is 3.97. The van der Waals surface area contributed by atoms with Crippen molar-refractivity contribution >= 4 is 5.69 Å². The lowest BCUT2D eigenvalue weighted by Gasteiger charge is -1.91. The van der Waals surface area contributed by atoms with Crippen LogP contribution < -0.4 is 0 Å². The molecule has 0 fully saturated rings. The van der Waals surface area contributed by atoms with Gasteiger partial charge in [0.05, 0.1) is 14.1 Å². The third-order valence-electron chi connectivity index (χ3n) is 1.47. The molecule has 0 bridgehead atoms. The summed E-state index contributed by atoms with van der Waals surface area (Å²) in [7, 11) is 3.49. The van der Waals surface area contributed by atoms with Crippen molar-refractivity contribution in [2.75, 3.05) is 14.1 Å². The molecule has 1 aromatic rings. The van der Waals surface area contributed by atoms with Crippen molar-refractivity contribution in [1.29, 1.82) is 5.26 Å². The standard InChI is InChI=1S/C10H9FN3/c1-14(2)7-13-10-5-3-4-9(11)8(10)6-12/h3-5H,1-2H3/q+1. The van der Waals surface area contributed by atoms with Gasteiger partial charge >= 0.3 is 6.19 Å². The van der Waals surface area contributed by atoms with E-state index >= 15 is 0 Å². The van der Waals surface area contributed by atoms with Crippen molar-refractivity contribution in [2.24, 2.45) is 0 Å². The molecule has 0 N–H and O–H groups in total. The zero-order valence-corrected chi connectivity index (χ0v) is 7.95. The van der Waals surface area contributed by atoms with Crippen LogP contribution in [-0.4, -0.2) is 19.0 Å². The summed E-state index contributed by atoms with van der Waals surface area (Å²) in [5.74, 6) is -0.561. The van der Waals surface area contributed by atoms with Crippen LogP contribution >= 0.6 is 0 Å². The van der Waals surface area contributed by atoms with Crippen LogP contribution in [0.2, 0.25) is 0 Å². The van der Waals surface area contributed by atoms with Gasteiger partial charge in [-0.1, -0.05) is 6.07 Å². The van der Waals surface area contributed by atoms with Crippen LogP contribution in [0.4, 0.5) is 10.1 Å². The largest absolute Gasteiger partial charge is 0.377 e. The van der Waals surface area contributed by atoms with E-state index in [1.54, 1.807) is 31.1 Å². The van der Waals surface area contributed by atoms with E-state index in [1.165, 1.54) is 12.1 Å². The van der Waals surface area contributed by atoms with Crippen LogP contribution in [-0.2, 0) is 0 Å². The van der Waals surface area contributed by atoms with E-state index in [4.69, 9.17) is 5.26 Å². The van der Waals surface area contributed by atoms with Gasteiger partial charge in [0.1, 0.15) is 11.9 Å². The molecular weight excluding hydrogens is 181 g/mol. The molecule has 0 amide bonds. The van der Waals surface area contributed by atoms with E-state index in [-0.39, 0.29) is 5.56 Å². The first-order valence-corrected chi connectivity index (χ1v) is 3.97. The molecule has 0 saturated heterocycles. The highest BCUT2D eigenvalue weighted by atomic mass is 19.1. The average Bonchev–Trinajstić information content (AvgIpc) is 2.14. The normalized spacial score (nSPS) is 8.43. The van der Waals surface area contributed by atoms with E-state index in [1.807, 2.05) is 0 Å². The van der Waals surface area contributed by atoms with Gasteiger partial charge in [-0.15, -0.1) is 0 Å². The molecule has 14 heavy (non-hydrogen) atoms. The summed E-state index contributed by atoms with van der Waals surface area (Å²) < 4.78 is 13.1. The summed E-state index contributed by atoms with van der Waals surface area (Å²) in [4.78, 5) is 5.44. The highest BCUT2D eigenvalue weighted by molar-refractivity contribution is 5.59. The molecule has 4 heteroatoms. The lowest BCUT2D eigenvalue weighted by atomic mass is 10.2. The van der Waals surface area contributed by atoms with E-state index in [0.717, 1.165) is 0 Å². The zero-order valence-electron chi connectivity index (χ0n) is 7.95. The van der Waals surface area contributed by atoms with Crippen LogP contribution in [0.3, 0.4) is 0 Å². The Morgan fingerprint density at radius 3 is 2.71 bits per heavy atom. The van der Waals surface area contributed by atoms with Crippen LogP contribution in [0.25, 0.3) is 4.85 Å². The van der Waals surface area contributed by atoms with Gasteiger partial charge in [0.25, 0.3) is 5.69 Å². The minimum absolute atomic E-state index is 0.0538. The topological polar surface area (TPSA) is 31.4 Å². The van der Waals surface area contributed by atoms with Gasteiger partial charge in [-0.05, 0) is 6.07 Å². The molecule has 0 spiro atoms. The summed E-state index contributed by atoms with van der Waals surface area (Å²) in [6.45, 7) is 0. The summed E-state index contributed by atoms with van der Waals surface area (Å²) >= 11 is 0. The summed E-state index contributed by atoms with van der Waals surface area (Å²) in [5, 5.41) is 8.67. The summed E-state index contributed by atoms with van der Waals surface area (Å²) in [6, 6.07) is 6.06. The predicted molar refractivity (Wildman–Crippen MR) is 51.7 cm³/mol. The second-order valence-corrected chi connectivity index (χ2v) is 2.85. The Morgan fingerprint density at radius 2 is 2.14 bits per heavy atom. The minimum atomic E-state index is -0.561. The molecule has 1 aromatic carbocycles. The van der Waals surface area contributed by atoms with Gasteiger partial charge in [-0.2, -0.15) is 10.1 Å². The van der Waals surface area contributed by atoms with Crippen molar-refractivity contribution in [3.63, 3.8) is 0 Å². The fourth-order valence-electron chi connectivity index (χ4n) is 0.870. The molecule has 0 heterocycles. The van der Waals surface area contributed by atoms with Crippen molar-refractivity contribution < 1.29 is 4.39 Å². The SMILES string of the molecule is CN(C)C#[N+]c1cccc(F)c1C#N. The zero-order chi connectivity index (χ0) is 10.6. The Kier molecular flexibility index (Phi) is 3.04. The maximum absolute atomic E-state index is 13.1. The molecule has 0 atom stereocenters. The maximum atomic E-state index is 13.1. The van der Waals surface area contributed by atoms with Gasteiger partial charge in [-0.3, -0.25) is 0 Å². The second kappa shape index (κ2) is 4.25. The fourth-order valence-corrected chi connectivity index (χ4v) is 0.870. The molecule has 0 aliphatic rings. The van der Waals surface area contributed by atoms with E-state index < -0.39 is 5.82 Å². The minimum Gasteiger partial charge on any atom is -0.215 e. The van der Waals surface area contributed by atoms with Crippen molar-refractivity contribution in [1.82, 2.24) is 4.90 Å². The van der Waals surface area contributed by atoms with Crippen molar-refractivity contribution in [2.45, 2.75) is 0 Å². The summed E-state index contributed by atoms with van der Waals surface area (Å²) in [6.07, 6.45) is 2.60. The van der Waals surface area contributed by atoms with Crippen molar-refractivity contribution in [3.05, 3.63) is 34.4 Å². The molecular formula is C10H9FN3+. The molecule has 0 radical (unpaired) electrons. The Labute approximate surface area is 81.8 Å². The number of hydrogen-bond donors (Lipinski definition) is 0. The number of nitriles is 1. The first kappa shape index (κ1) is 10.0. The molecule has 70 valence electrons. The van der Waals surface area contributed by atoms with Crippen LogP contribution in [0.1, 0.15) is 5.56 Å². The molecule has 1 rings (SSSR count). The number of hydrogen-bond acceptors (Lipinski definition) is 2. The number of benzene rings is 1. The van der Waals surface area contributed by atoms with Gasteiger partial charge in [0, 0.05) is 6.07 Å². The first-order chi connectivity index (χ1) is 6.65. The Hall–Kier alpha value is -2.07. The van der Waals surface area contributed by atoms with Gasteiger partial charge < -0.3 is 0 Å². The third-order valence-corrected chi connectivity index (χ3v) is 1.47. The molecule has 0 aromatic heterocycles. The van der Waals surface area contributed by atoms with E-state index in [0.29, 0.717) is 5.69 Å². The molecule has 0 saturated carbocycles. The molecule has 0 aliphatic carbocycles. The van der Waals surface area contributed by atoms with Gasteiger partial charge in [-0.25, -0.2) is 9.29 Å². The van der Waals surface area contributed by atoms with E-state index in [2.05, 4.69) is 11.0 Å². The smallest absolute Gasteiger partial charge is 0.215 e. The average molecular weight is 190 g/mol. The Bertz CT molecular complexity index is 435. The molecule has 3 nitrogen and oxygen atoms in total. The highest BCUT2D eigenvalue weighted by Crippen LogP contribution is 2.20. The lowest BCUT2D eigenvalue weighted by molar-refractivity contribution is 0.596. The highest BCUT2D eigenvalue weighted by Gasteiger charge is 2.10. The van der Waals surface area contributed by atoms with Gasteiger partial charge in [0.15, 0.2) is 5.56 Å². The second-order valence-electron chi connectivity index (χ2n) is 2.85. The predicted octanol–water partition coefficient (Wildman–Crippen LogP) is 2.18.